The summed E-state index contributed by atoms with van der Waals surface area (Å²) in [5.41, 5.74) is -0.191. The molecule has 0 radical (unpaired) electrons. The monoisotopic (exact) mass is 228 g/mol. The molecule has 0 aromatic carbocycles. The van der Waals surface area contributed by atoms with Crippen molar-refractivity contribution in [1.29, 1.82) is 0 Å². The van der Waals surface area contributed by atoms with Crippen molar-refractivity contribution in [1.82, 2.24) is 10.6 Å². The van der Waals surface area contributed by atoms with Crippen LogP contribution in [0.25, 0.3) is 0 Å². The Balaban J connectivity index is 2.25. The first-order valence-electron chi connectivity index (χ1n) is 6.11. The molecule has 3 N–H and O–H groups in total. The average Bonchev–Trinajstić information content (AvgIpc) is 2.14. The van der Waals surface area contributed by atoms with Crippen molar-refractivity contribution in [3.8, 4) is 0 Å². The fourth-order valence-corrected chi connectivity index (χ4v) is 2.04. The van der Waals surface area contributed by atoms with Gasteiger partial charge in [0.25, 0.3) is 0 Å². The van der Waals surface area contributed by atoms with Crippen LogP contribution in [-0.2, 0) is 4.79 Å². The van der Waals surface area contributed by atoms with E-state index in [9.17, 15) is 9.90 Å². The summed E-state index contributed by atoms with van der Waals surface area (Å²) in [7, 11) is 0. The highest BCUT2D eigenvalue weighted by Crippen LogP contribution is 2.17. The number of hydrogen-bond acceptors (Lipinski definition) is 3. The molecule has 0 aliphatic heterocycles. The van der Waals surface area contributed by atoms with E-state index in [-0.39, 0.29) is 23.6 Å². The number of aliphatic hydroxyl groups excluding tert-OH is 1. The van der Waals surface area contributed by atoms with Crippen molar-refractivity contribution >= 4 is 5.91 Å². The number of amides is 1. The van der Waals surface area contributed by atoms with Crippen molar-refractivity contribution in [3.63, 3.8) is 0 Å². The minimum atomic E-state index is -0.295. The lowest BCUT2D eigenvalue weighted by atomic mass is 9.92. The van der Waals surface area contributed by atoms with Gasteiger partial charge in [0.15, 0.2) is 0 Å². The predicted molar refractivity (Wildman–Crippen MR) is 64.2 cm³/mol. The standard InChI is InChI=1S/C12H24N2O2/c1-12(2,3)14-11(16)8-13-9-6-4-5-7-10(9)15/h9-10,13,15H,4-8H2,1-3H3,(H,14,16)/t9-,10-/m1/s1. The van der Waals surface area contributed by atoms with Crippen molar-refractivity contribution in [2.45, 2.75) is 64.1 Å². The fraction of sp³-hybridized carbons (Fsp3) is 0.917. The number of carbonyl (C=O) groups is 1. The third-order valence-corrected chi connectivity index (χ3v) is 2.77. The quantitative estimate of drug-likeness (QED) is 0.669. The Morgan fingerprint density at radius 2 is 1.94 bits per heavy atom. The van der Waals surface area contributed by atoms with Gasteiger partial charge in [-0.05, 0) is 33.6 Å². The Hall–Kier alpha value is -0.610. The third kappa shape index (κ3) is 4.94. The summed E-state index contributed by atoms with van der Waals surface area (Å²) in [6.45, 7) is 6.17. The van der Waals surface area contributed by atoms with E-state index in [0.29, 0.717) is 6.54 Å². The van der Waals surface area contributed by atoms with Crippen LogP contribution in [0.2, 0.25) is 0 Å². The molecule has 0 unspecified atom stereocenters. The largest absolute Gasteiger partial charge is 0.392 e. The highest BCUT2D eigenvalue weighted by molar-refractivity contribution is 5.78. The van der Waals surface area contributed by atoms with E-state index in [0.717, 1.165) is 25.7 Å². The summed E-state index contributed by atoms with van der Waals surface area (Å²) in [4.78, 5) is 11.6. The molecule has 0 aromatic heterocycles. The Labute approximate surface area is 97.8 Å². The normalized spacial score (nSPS) is 26.5. The topological polar surface area (TPSA) is 61.4 Å². The van der Waals surface area contributed by atoms with Gasteiger partial charge in [0.1, 0.15) is 0 Å². The van der Waals surface area contributed by atoms with Crippen LogP contribution in [0.3, 0.4) is 0 Å². The molecule has 1 aliphatic carbocycles. The molecular formula is C12H24N2O2. The molecule has 2 atom stereocenters. The number of hydrogen-bond donors (Lipinski definition) is 3. The second-order valence-electron chi connectivity index (χ2n) is 5.64. The summed E-state index contributed by atoms with van der Waals surface area (Å²) in [5.74, 6) is -0.00901. The first-order chi connectivity index (χ1) is 7.38. The van der Waals surface area contributed by atoms with E-state index >= 15 is 0 Å². The zero-order chi connectivity index (χ0) is 12.2. The second kappa shape index (κ2) is 5.64. The second-order valence-corrected chi connectivity index (χ2v) is 5.64. The van der Waals surface area contributed by atoms with E-state index in [1.165, 1.54) is 0 Å². The van der Waals surface area contributed by atoms with E-state index in [1.54, 1.807) is 0 Å². The minimum Gasteiger partial charge on any atom is -0.392 e. The highest BCUT2D eigenvalue weighted by atomic mass is 16.3. The van der Waals surface area contributed by atoms with E-state index in [4.69, 9.17) is 0 Å². The van der Waals surface area contributed by atoms with Crippen molar-refractivity contribution < 1.29 is 9.90 Å². The molecule has 0 spiro atoms. The average molecular weight is 228 g/mol. The molecule has 0 heterocycles. The molecule has 4 heteroatoms. The zero-order valence-corrected chi connectivity index (χ0v) is 10.5. The maximum absolute atomic E-state index is 11.6. The van der Waals surface area contributed by atoms with Crippen LogP contribution >= 0.6 is 0 Å². The summed E-state index contributed by atoms with van der Waals surface area (Å²) in [6.07, 6.45) is 3.74. The van der Waals surface area contributed by atoms with Gasteiger partial charge in [0.2, 0.25) is 5.91 Å². The SMILES string of the molecule is CC(C)(C)NC(=O)CN[C@@H]1CCCC[C@H]1O. The molecule has 0 bridgehead atoms. The Morgan fingerprint density at radius 3 is 2.50 bits per heavy atom. The predicted octanol–water partition coefficient (Wildman–Crippen LogP) is 0.794. The van der Waals surface area contributed by atoms with Gasteiger partial charge in [0, 0.05) is 11.6 Å². The van der Waals surface area contributed by atoms with Gasteiger partial charge in [-0.3, -0.25) is 4.79 Å². The highest BCUT2D eigenvalue weighted by Gasteiger charge is 2.23. The molecule has 1 aliphatic rings. The number of nitrogens with one attached hydrogen (secondary N) is 2. The van der Waals surface area contributed by atoms with Gasteiger partial charge < -0.3 is 15.7 Å². The molecule has 16 heavy (non-hydrogen) atoms. The molecule has 0 saturated heterocycles. The van der Waals surface area contributed by atoms with E-state index < -0.39 is 0 Å². The summed E-state index contributed by atoms with van der Waals surface area (Å²) in [6, 6.07) is 0.0828. The lowest BCUT2D eigenvalue weighted by Crippen LogP contribution is -2.49. The van der Waals surface area contributed by atoms with Crippen LogP contribution in [0, 0.1) is 0 Å². The van der Waals surface area contributed by atoms with Crippen LogP contribution in [0.15, 0.2) is 0 Å². The fourth-order valence-electron chi connectivity index (χ4n) is 2.04. The maximum Gasteiger partial charge on any atom is 0.234 e. The van der Waals surface area contributed by atoms with Gasteiger partial charge in [-0.15, -0.1) is 0 Å². The summed E-state index contributed by atoms with van der Waals surface area (Å²) >= 11 is 0. The number of carbonyl (C=O) groups excluding carboxylic acids is 1. The van der Waals surface area contributed by atoms with Crippen LogP contribution in [0.4, 0.5) is 0 Å². The molecule has 1 fully saturated rings. The molecule has 1 rings (SSSR count). The van der Waals surface area contributed by atoms with Crippen LogP contribution in [-0.4, -0.2) is 35.2 Å². The van der Waals surface area contributed by atoms with Crippen LogP contribution in [0.1, 0.15) is 46.5 Å². The molecule has 94 valence electrons. The Morgan fingerprint density at radius 1 is 1.31 bits per heavy atom. The Kier molecular flexibility index (Phi) is 4.74. The lowest BCUT2D eigenvalue weighted by molar-refractivity contribution is -0.121. The molecule has 1 amide bonds. The third-order valence-electron chi connectivity index (χ3n) is 2.77. The van der Waals surface area contributed by atoms with E-state index in [2.05, 4.69) is 10.6 Å². The summed E-state index contributed by atoms with van der Waals surface area (Å²) < 4.78 is 0. The van der Waals surface area contributed by atoms with Gasteiger partial charge in [-0.1, -0.05) is 12.8 Å². The van der Waals surface area contributed by atoms with Crippen molar-refractivity contribution in [2.24, 2.45) is 0 Å². The van der Waals surface area contributed by atoms with Crippen LogP contribution < -0.4 is 10.6 Å². The molecule has 4 nitrogen and oxygen atoms in total. The maximum atomic E-state index is 11.6. The van der Waals surface area contributed by atoms with Crippen molar-refractivity contribution in [2.75, 3.05) is 6.54 Å². The van der Waals surface area contributed by atoms with Gasteiger partial charge in [-0.2, -0.15) is 0 Å². The first-order valence-corrected chi connectivity index (χ1v) is 6.11. The molecular weight excluding hydrogens is 204 g/mol. The Bertz CT molecular complexity index is 236. The number of rotatable bonds is 3. The molecule has 1 saturated carbocycles. The minimum absolute atomic E-state index is 0.00901. The lowest BCUT2D eigenvalue weighted by Gasteiger charge is -2.29. The summed E-state index contributed by atoms with van der Waals surface area (Å²) in [5, 5.41) is 15.7. The first kappa shape index (κ1) is 13.5. The van der Waals surface area contributed by atoms with Gasteiger partial charge in [-0.25, -0.2) is 0 Å². The zero-order valence-electron chi connectivity index (χ0n) is 10.5. The van der Waals surface area contributed by atoms with E-state index in [1.807, 2.05) is 20.8 Å². The van der Waals surface area contributed by atoms with Crippen LogP contribution in [0.5, 0.6) is 0 Å². The number of aliphatic hydroxyl groups is 1. The molecule has 0 aromatic rings. The van der Waals surface area contributed by atoms with Gasteiger partial charge in [0.05, 0.1) is 12.6 Å². The van der Waals surface area contributed by atoms with Crippen molar-refractivity contribution in [3.05, 3.63) is 0 Å². The smallest absolute Gasteiger partial charge is 0.234 e. The van der Waals surface area contributed by atoms with Gasteiger partial charge >= 0.3 is 0 Å².